The number of nitrogens with zero attached hydrogens (tertiary/aromatic N) is 2. The zero-order chi connectivity index (χ0) is 18.4. The van der Waals surface area contributed by atoms with Crippen molar-refractivity contribution in [3.63, 3.8) is 0 Å². The lowest BCUT2D eigenvalue weighted by molar-refractivity contribution is 0.0167. The highest BCUT2D eigenvalue weighted by Gasteiger charge is 2.23. The topological polar surface area (TPSA) is 88.9 Å². The van der Waals surface area contributed by atoms with Crippen molar-refractivity contribution in [3.8, 4) is 5.75 Å². The van der Waals surface area contributed by atoms with Crippen LogP contribution in [0.15, 0.2) is 34.9 Å². The SMILES string of the molecule is COc1ccc([C@@H](CNC(=O)Nc2cc(C)on2)N2CCOCC2)cc1. The molecule has 140 valence electrons. The third kappa shape index (κ3) is 4.74. The second-order valence-corrected chi connectivity index (χ2v) is 6.10. The summed E-state index contributed by atoms with van der Waals surface area (Å²) < 4.78 is 15.6. The average molecular weight is 360 g/mol. The Bertz CT molecular complexity index is 710. The molecule has 1 aromatic heterocycles. The van der Waals surface area contributed by atoms with Crippen molar-refractivity contribution in [2.75, 3.05) is 45.3 Å². The fourth-order valence-corrected chi connectivity index (χ4v) is 2.95. The largest absolute Gasteiger partial charge is 0.497 e. The molecule has 1 atom stereocenters. The monoisotopic (exact) mass is 360 g/mol. The predicted molar refractivity (Wildman–Crippen MR) is 96.4 cm³/mol. The lowest BCUT2D eigenvalue weighted by atomic mass is 10.0. The van der Waals surface area contributed by atoms with Crippen molar-refractivity contribution in [2.24, 2.45) is 0 Å². The van der Waals surface area contributed by atoms with Crippen LogP contribution in [0.2, 0.25) is 0 Å². The van der Waals surface area contributed by atoms with Gasteiger partial charge in [0.15, 0.2) is 5.82 Å². The van der Waals surface area contributed by atoms with Crippen LogP contribution in [-0.2, 0) is 4.74 Å². The van der Waals surface area contributed by atoms with Crippen LogP contribution in [0.5, 0.6) is 5.75 Å². The van der Waals surface area contributed by atoms with Crippen molar-refractivity contribution >= 4 is 11.8 Å². The molecule has 0 aliphatic carbocycles. The van der Waals surface area contributed by atoms with E-state index in [0.717, 1.165) is 24.4 Å². The zero-order valence-electron chi connectivity index (χ0n) is 15.0. The Labute approximate surface area is 152 Å². The maximum atomic E-state index is 12.2. The van der Waals surface area contributed by atoms with Gasteiger partial charge in [0, 0.05) is 25.7 Å². The van der Waals surface area contributed by atoms with Gasteiger partial charge in [-0.3, -0.25) is 10.2 Å². The number of aryl methyl sites for hydroxylation is 1. The molecular formula is C18H24N4O4. The summed E-state index contributed by atoms with van der Waals surface area (Å²) in [6.07, 6.45) is 0. The molecule has 2 heterocycles. The number of rotatable bonds is 6. The number of anilines is 1. The number of methoxy groups -OCH3 is 1. The number of carbonyl (C=O) groups excluding carboxylic acids is 1. The van der Waals surface area contributed by atoms with Crippen LogP contribution in [0.1, 0.15) is 17.4 Å². The van der Waals surface area contributed by atoms with Gasteiger partial charge in [-0.1, -0.05) is 17.3 Å². The van der Waals surface area contributed by atoms with Gasteiger partial charge in [-0.05, 0) is 24.6 Å². The molecule has 8 heteroatoms. The highest BCUT2D eigenvalue weighted by atomic mass is 16.5. The summed E-state index contributed by atoms with van der Waals surface area (Å²) >= 11 is 0. The van der Waals surface area contributed by atoms with Crippen LogP contribution in [0, 0.1) is 6.92 Å². The Morgan fingerprint density at radius 2 is 2.04 bits per heavy atom. The average Bonchev–Trinajstić information content (AvgIpc) is 3.08. The van der Waals surface area contributed by atoms with E-state index in [1.807, 2.05) is 24.3 Å². The Kier molecular flexibility index (Phi) is 6.08. The van der Waals surface area contributed by atoms with Crippen molar-refractivity contribution in [3.05, 3.63) is 41.7 Å². The van der Waals surface area contributed by atoms with Gasteiger partial charge < -0.3 is 19.3 Å². The first kappa shape index (κ1) is 18.2. The molecule has 2 N–H and O–H groups in total. The molecular weight excluding hydrogens is 336 g/mol. The van der Waals surface area contributed by atoms with Crippen LogP contribution in [0.4, 0.5) is 10.6 Å². The molecule has 1 aliphatic rings. The first-order valence-corrected chi connectivity index (χ1v) is 8.59. The minimum atomic E-state index is -0.315. The Morgan fingerprint density at radius 3 is 2.65 bits per heavy atom. The molecule has 0 radical (unpaired) electrons. The number of ether oxygens (including phenoxy) is 2. The van der Waals surface area contributed by atoms with Gasteiger partial charge in [0.2, 0.25) is 0 Å². The number of morpholine rings is 1. The number of hydrogen-bond acceptors (Lipinski definition) is 6. The van der Waals surface area contributed by atoms with Crippen LogP contribution < -0.4 is 15.4 Å². The minimum absolute atomic E-state index is 0.0506. The molecule has 0 saturated carbocycles. The van der Waals surface area contributed by atoms with Gasteiger partial charge in [-0.15, -0.1) is 0 Å². The highest BCUT2D eigenvalue weighted by molar-refractivity contribution is 5.88. The number of carbonyl (C=O) groups is 1. The zero-order valence-corrected chi connectivity index (χ0v) is 15.0. The molecule has 1 aliphatic heterocycles. The van der Waals surface area contributed by atoms with E-state index in [2.05, 4.69) is 20.7 Å². The molecule has 0 unspecified atom stereocenters. The molecule has 8 nitrogen and oxygen atoms in total. The van der Waals surface area contributed by atoms with E-state index < -0.39 is 0 Å². The van der Waals surface area contributed by atoms with Crippen LogP contribution in [0.25, 0.3) is 0 Å². The number of benzene rings is 1. The number of hydrogen-bond donors (Lipinski definition) is 2. The summed E-state index contributed by atoms with van der Waals surface area (Å²) in [6.45, 7) is 5.27. The number of amides is 2. The fourth-order valence-electron chi connectivity index (χ4n) is 2.95. The van der Waals surface area contributed by atoms with E-state index in [9.17, 15) is 4.79 Å². The number of aromatic nitrogens is 1. The van der Waals surface area contributed by atoms with Crippen LogP contribution in [0.3, 0.4) is 0 Å². The van der Waals surface area contributed by atoms with Crippen molar-refractivity contribution < 1.29 is 18.8 Å². The quantitative estimate of drug-likeness (QED) is 0.821. The van der Waals surface area contributed by atoms with Crippen LogP contribution in [-0.4, -0.2) is 56.0 Å². The third-order valence-electron chi connectivity index (χ3n) is 4.31. The summed E-state index contributed by atoms with van der Waals surface area (Å²) in [5.74, 6) is 1.85. The Morgan fingerprint density at radius 1 is 1.31 bits per heavy atom. The van der Waals surface area contributed by atoms with E-state index >= 15 is 0 Å². The van der Waals surface area contributed by atoms with E-state index in [-0.39, 0.29) is 12.1 Å². The molecule has 1 fully saturated rings. The fraction of sp³-hybridized carbons (Fsp3) is 0.444. The molecule has 0 spiro atoms. The second-order valence-electron chi connectivity index (χ2n) is 6.10. The van der Waals surface area contributed by atoms with Gasteiger partial charge in [0.1, 0.15) is 11.5 Å². The molecule has 3 rings (SSSR count). The molecule has 1 saturated heterocycles. The van der Waals surface area contributed by atoms with Gasteiger partial charge >= 0.3 is 6.03 Å². The number of nitrogens with one attached hydrogen (secondary N) is 2. The Hall–Kier alpha value is -2.58. The standard InChI is InChI=1S/C18H24N4O4/c1-13-11-17(21-26-13)20-18(23)19-12-16(22-7-9-25-10-8-22)14-3-5-15(24-2)6-4-14/h3-6,11,16H,7-10,12H2,1-2H3,(H2,19,20,21,23)/t16-/m1/s1. The van der Waals surface area contributed by atoms with E-state index in [1.165, 1.54) is 0 Å². The van der Waals surface area contributed by atoms with Gasteiger partial charge in [-0.2, -0.15) is 0 Å². The normalized spacial score (nSPS) is 16.1. The van der Waals surface area contributed by atoms with Gasteiger partial charge in [-0.25, -0.2) is 4.79 Å². The summed E-state index contributed by atoms with van der Waals surface area (Å²) in [6, 6.07) is 9.32. The lowest BCUT2D eigenvalue weighted by Gasteiger charge is -2.35. The summed E-state index contributed by atoms with van der Waals surface area (Å²) in [7, 11) is 1.64. The van der Waals surface area contributed by atoms with Crippen molar-refractivity contribution in [2.45, 2.75) is 13.0 Å². The molecule has 1 aromatic carbocycles. The highest BCUT2D eigenvalue weighted by Crippen LogP contribution is 2.23. The first-order chi connectivity index (χ1) is 12.7. The summed E-state index contributed by atoms with van der Waals surface area (Å²) in [5.41, 5.74) is 1.12. The maximum Gasteiger partial charge on any atom is 0.320 e. The summed E-state index contributed by atoms with van der Waals surface area (Å²) in [4.78, 5) is 14.5. The molecule has 2 amide bonds. The predicted octanol–water partition coefficient (Wildman–Crippen LogP) is 2.19. The smallest absolute Gasteiger partial charge is 0.320 e. The summed E-state index contributed by atoms with van der Waals surface area (Å²) in [5, 5.41) is 9.35. The van der Waals surface area contributed by atoms with Crippen molar-refractivity contribution in [1.82, 2.24) is 15.4 Å². The van der Waals surface area contributed by atoms with Crippen molar-refractivity contribution in [1.29, 1.82) is 0 Å². The number of urea groups is 1. The Balaban J connectivity index is 1.65. The minimum Gasteiger partial charge on any atom is -0.497 e. The lowest BCUT2D eigenvalue weighted by Crippen LogP contribution is -2.44. The molecule has 26 heavy (non-hydrogen) atoms. The van der Waals surface area contributed by atoms with Gasteiger partial charge in [0.25, 0.3) is 0 Å². The third-order valence-corrected chi connectivity index (χ3v) is 4.31. The van der Waals surface area contributed by atoms with E-state index in [4.69, 9.17) is 14.0 Å². The first-order valence-electron chi connectivity index (χ1n) is 8.59. The second kappa shape index (κ2) is 8.68. The van der Waals surface area contributed by atoms with Crippen LogP contribution >= 0.6 is 0 Å². The molecule has 2 aromatic rings. The van der Waals surface area contributed by atoms with E-state index in [1.54, 1.807) is 20.1 Å². The maximum absolute atomic E-state index is 12.2. The molecule has 0 bridgehead atoms. The van der Waals surface area contributed by atoms with E-state index in [0.29, 0.717) is 31.3 Å². The van der Waals surface area contributed by atoms with Gasteiger partial charge in [0.05, 0.1) is 26.4 Å².